The molecule has 1 saturated heterocycles. The highest BCUT2D eigenvalue weighted by atomic mass is 32.2. The predicted molar refractivity (Wildman–Crippen MR) is 93.9 cm³/mol. The van der Waals surface area contributed by atoms with E-state index in [4.69, 9.17) is 4.74 Å². The highest BCUT2D eigenvalue weighted by molar-refractivity contribution is 8.00. The summed E-state index contributed by atoms with van der Waals surface area (Å²) in [6, 6.07) is 9.31. The third-order valence-corrected chi connectivity index (χ3v) is 5.24. The smallest absolute Gasteiger partial charge is 0.306 e. The number of aliphatic carboxylic acids is 1. The van der Waals surface area contributed by atoms with Gasteiger partial charge in [0.1, 0.15) is 4.87 Å². The molecular formula is C17H24N2O4S. The average Bonchev–Trinajstić information content (AvgIpc) is 2.55. The van der Waals surface area contributed by atoms with E-state index >= 15 is 0 Å². The summed E-state index contributed by atoms with van der Waals surface area (Å²) in [4.78, 5) is 24.5. The average molecular weight is 352 g/mol. The van der Waals surface area contributed by atoms with Gasteiger partial charge in [0.05, 0.1) is 19.6 Å². The lowest BCUT2D eigenvalue weighted by Crippen LogP contribution is -2.45. The number of carboxylic acid groups (broad SMARTS) is 1. The number of carbonyl (C=O) groups excluding carboxylic acids is 1. The lowest BCUT2D eigenvalue weighted by atomic mass is 10.0. The van der Waals surface area contributed by atoms with Gasteiger partial charge in [-0.1, -0.05) is 30.3 Å². The molecule has 1 heterocycles. The van der Waals surface area contributed by atoms with Crippen LogP contribution in [0.4, 0.5) is 0 Å². The van der Waals surface area contributed by atoms with Crippen molar-refractivity contribution < 1.29 is 19.4 Å². The molecule has 24 heavy (non-hydrogen) atoms. The minimum absolute atomic E-state index is 0.162. The molecule has 1 fully saturated rings. The van der Waals surface area contributed by atoms with Crippen LogP contribution in [0.15, 0.2) is 30.3 Å². The van der Waals surface area contributed by atoms with Gasteiger partial charge in [-0.15, -0.1) is 11.8 Å². The maximum Gasteiger partial charge on any atom is 0.306 e. The van der Waals surface area contributed by atoms with Crippen molar-refractivity contribution in [3.05, 3.63) is 35.9 Å². The fourth-order valence-electron chi connectivity index (χ4n) is 2.77. The molecule has 0 spiro atoms. The molecule has 1 aromatic carbocycles. The number of amides is 1. The number of thioether (sulfide) groups is 1. The second-order valence-corrected chi connectivity index (χ2v) is 7.14. The highest BCUT2D eigenvalue weighted by Crippen LogP contribution is 2.37. The fraction of sp³-hybridized carbons (Fsp3) is 0.529. The van der Waals surface area contributed by atoms with Crippen molar-refractivity contribution in [2.45, 2.75) is 18.2 Å². The second-order valence-electron chi connectivity index (χ2n) is 5.75. The Hall–Kier alpha value is -1.57. The molecule has 1 aliphatic heterocycles. The zero-order chi connectivity index (χ0) is 17.4. The van der Waals surface area contributed by atoms with E-state index in [0.717, 1.165) is 44.2 Å². The number of morpholine rings is 1. The maximum absolute atomic E-state index is 11.7. The molecule has 1 aliphatic rings. The van der Waals surface area contributed by atoms with Crippen LogP contribution in [0.5, 0.6) is 0 Å². The van der Waals surface area contributed by atoms with Gasteiger partial charge in [-0.2, -0.15) is 0 Å². The van der Waals surface area contributed by atoms with E-state index < -0.39 is 10.8 Å². The summed E-state index contributed by atoms with van der Waals surface area (Å²) in [6.45, 7) is 5.49. The number of carbonyl (C=O) groups is 2. The summed E-state index contributed by atoms with van der Waals surface area (Å²) in [6.07, 6.45) is -0.162. The summed E-state index contributed by atoms with van der Waals surface area (Å²) in [5, 5.41) is 12.3. The van der Waals surface area contributed by atoms with E-state index in [0.29, 0.717) is 0 Å². The number of nitrogens with zero attached hydrogens (tertiary/aromatic N) is 1. The SMILES string of the molecule is CC(=O)NC(CC(=O)O)(SCCN1CCOCC1)c1ccccc1. The number of ether oxygens (including phenoxy) is 1. The molecule has 6 nitrogen and oxygen atoms in total. The molecule has 7 heteroatoms. The van der Waals surface area contributed by atoms with Crippen molar-refractivity contribution in [2.24, 2.45) is 0 Å². The summed E-state index contributed by atoms with van der Waals surface area (Å²) in [5.74, 6) is -0.451. The van der Waals surface area contributed by atoms with Crippen molar-refractivity contribution >= 4 is 23.6 Å². The van der Waals surface area contributed by atoms with Crippen LogP contribution in [-0.4, -0.2) is 60.5 Å². The quantitative estimate of drug-likeness (QED) is 0.691. The number of hydrogen-bond acceptors (Lipinski definition) is 5. The number of rotatable bonds is 8. The Labute approximate surface area is 146 Å². The van der Waals surface area contributed by atoms with Gasteiger partial charge in [0.15, 0.2) is 0 Å². The topological polar surface area (TPSA) is 78.9 Å². The number of benzene rings is 1. The van der Waals surface area contributed by atoms with Gasteiger partial charge in [-0.3, -0.25) is 14.5 Å². The maximum atomic E-state index is 11.7. The Morgan fingerprint density at radius 3 is 2.54 bits per heavy atom. The first-order valence-electron chi connectivity index (χ1n) is 8.02. The lowest BCUT2D eigenvalue weighted by molar-refractivity contribution is -0.138. The van der Waals surface area contributed by atoms with Gasteiger partial charge in [-0.05, 0) is 5.56 Å². The van der Waals surface area contributed by atoms with Crippen molar-refractivity contribution in [1.29, 1.82) is 0 Å². The van der Waals surface area contributed by atoms with Gasteiger partial charge >= 0.3 is 5.97 Å². The molecule has 132 valence electrons. The van der Waals surface area contributed by atoms with E-state index in [9.17, 15) is 14.7 Å². The Morgan fingerprint density at radius 1 is 1.29 bits per heavy atom. The third kappa shape index (κ3) is 5.51. The zero-order valence-electron chi connectivity index (χ0n) is 13.9. The minimum atomic E-state index is -0.953. The molecule has 1 atom stereocenters. The summed E-state index contributed by atoms with van der Waals surface area (Å²) in [5.41, 5.74) is 0.801. The first-order chi connectivity index (χ1) is 11.5. The van der Waals surface area contributed by atoms with Crippen LogP contribution in [0.1, 0.15) is 18.9 Å². The van der Waals surface area contributed by atoms with Gasteiger partial charge in [0, 0.05) is 32.3 Å². The Kier molecular flexibility index (Phi) is 7.08. The van der Waals surface area contributed by atoms with Gasteiger partial charge in [0.2, 0.25) is 5.91 Å². The van der Waals surface area contributed by atoms with Crippen LogP contribution in [0.3, 0.4) is 0 Å². The van der Waals surface area contributed by atoms with Gasteiger partial charge < -0.3 is 15.2 Å². The summed E-state index contributed by atoms with van der Waals surface area (Å²) in [7, 11) is 0. The largest absolute Gasteiger partial charge is 0.481 e. The minimum Gasteiger partial charge on any atom is -0.481 e. The molecule has 1 amide bonds. The van der Waals surface area contributed by atoms with Crippen molar-refractivity contribution in [3.8, 4) is 0 Å². The Bertz CT molecular complexity index is 531. The second kappa shape index (κ2) is 9.05. The normalized spacial score (nSPS) is 17.9. The van der Waals surface area contributed by atoms with Crippen LogP contribution in [-0.2, 0) is 19.2 Å². The Balaban J connectivity index is 2.13. The van der Waals surface area contributed by atoms with Crippen LogP contribution in [0.2, 0.25) is 0 Å². The summed E-state index contributed by atoms with van der Waals surface area (Å²) >= 11 is 1.48. The first kappa shape index (κ1) is 18.8. The van der Waals surface area contributed by atoms with E-state index in [-0.39, 0.29) is 12.3 Å². The molecule has 1 unspecified atom stereocenters. The van der Waals surface area contributed by atoms with Crippen molar-refractivity contribution in [1.82, 2.24) is 10.2 Å². The molecule has 0 bridgehead atoms. The number of carboxylic acids is 1. The molecule has 0 aromatic heterocycles. The number of hydrogen-bond donors (Lipinski definition) is 2. The molecule has 0 saturated carbocycles. The lowest BCUT2D eigenvalue weighted by Gasteiger charge is -2.34. The highest BCUT2D eigenvalue weighted by Gasteiger charge is 2.36. The van der Waals surface area contributed by atoms with Crippen LogP contribution in [0.25, 0.3) is 0 Å². The van der Waals surface area contributed by atoms with Crippen LogP contribution >= 0.6 is 11.8 Å². The van der Waals surface area contributed by atoms with Crippen molar-refractivity contribution in [3.63, 3.8) is 0 Å². The predicted octanol–water partition coefficient (Wildman–Crippen LogP) is 1.52. The monoisotopic (exact) mass is 352 g/mol. The molecule has 0 radical (unpaired) electrons. The Morgan fingerprint density at radius 2 is 1.96 bits per heavy atom. The third-order valence-electron chi connectivity index (χ3n) is 3.88. The van der Waals surface area contributed by atoms with Crippen LogP contribution < -0.4 is 5.32 Å². The summed E-state index contributed by atoms with van der Waals surface area (Å²) < 4.78 is 5.34. The van der Waals surface area contributed by atoms with Crippen molar-refractivity contribution in [2.75, 3.05) is 38.6 Å². The van der Waals surface area contributed by atoms with Gasteiger partial charge in [0.25, 0.3) is 0 Å². The molecule has 0 aliphatic carbocycles. The standard InChI is InChI=1S/C17H24N2O4S/c1-14(20)18-17(13-16(21)22,15-5-3-2-4-6-15)24-12-9-19-7-10-23-11-8-19/h2-6H,7-13H2,1H3,(H,18,20)(H,21,22). The first-order valence-corrected chi connectivity index (χ1v) is 9.00. The van der Waals surface area contributed by atoms with E-state index in [1.54, 1.807) is 0 Å². The molecular weight excluding hydrogens is 328 g/mol. The fourth-order valence-corrected chi connectivity index (χ4v) is 4.21. The number of nitrogens with one attached hydrogen (secondary N) is 1. The van der Waals surface area contributed by atoms with Crippen LogP contribution in [0, 0.1) is 0 Å². The molecule has 1 aromatic rings. The van der Waals surface area contributed by atoms with E-state index in [1.807, 2.05) is 30.3 Å². The van der Waals surface area contributed by atoms with E-state index in [2.05, 4.69) is 10.2 Å². The molecule has 2 N–H and O–H groups in total. The molecule has 2 rings (SSSR count). The zero-order valence-corrected chi connectivity index (χ0v) is 14.7. The van der Waals surface area contributed by atoms with E-state index in [1.165, 1.54) is 18.7 Å². The van der Waals surface area contributed by atoms with Gasteiger partial charge in [-0.25, -0.2) is 0 Å².